The van der Waals surface area contributed by atoms with Crippen LogP contribution in [0.25, 0.3) is 0 Å². The summed E-state index contributed by atoms with van der Waals surface area (Å²) in [5, 5.41) is 3.59. The van der Waals surface area contributed by atoms with E-state index in [0.717, 1.165) is 30.2 Å². The summed E-state index contributed by atoms with van der Waals surface area (Å²) in [6.07, 6.45) is 3.44. The quantitative estimate of drug-likeness (QED) is 0.897. The van der Waals surface area contributed by atoms with E-state index in [2.05, 4.69) is 10.2 Å². The van der Waals surface area contributed by atoms with Crippen LogP contribution in [0.3, 0.4) is 0 Å². The Labute approximate surface area is 145 Å². The first-order valence-corrected chi connectivity index (χ1v) is 9.15. The highest BCUT2D eigenvalue weighted by Gasteiger charge is 2.24. The van der Waals surface area contributed by atoms with Crippen molar-refractivity contribution in [2.45, 2.75) is 6.04 Å². The van der Waals surface area contributed by atoms with Crippen molar-refractivity contribution in [3.05, 3.63) is 59.0 Å². The highest BCUT2D eigenvalue weighted by Crippen LogP contribution is 2.24. The third kappa shape index (κ3) is 4.31. The molecule has 2 aromatic rings. The van der Waals surface area contributed by atoms with Gasteiger partial charge in [0.2, 0.25) is 0 Å². The molecule has 4 nitrogen and oxygen atoms in total. The van der Waals surface area contributed by atoms with Crippen LogP contribution in [0.4, 0.5) is 0 Å². The smallest absolute Gasteiger partial charge is 0.251 e. The summed E-state index contributed by atoms with van der Waals surface area (Å²) in [6, 6.07) is 9.10. The molecule has 1 fully saturated rings. The number of hydrogen-bond acceptors (Lipinski definition) is 4. The summed E-state index contributed by atoms with van der Waals surface area (Å²) in [5.74, 6) is 2.14. The van der Waals surface area contributed by atoms with Crippen molar-refractivity contribution in [1.29, 1.82) is 0 Å². The predicted octanol–water partition coefficient (Wildman–Crippen LogP) is 3.45. The Bertz CT molecular complexity index is 642. The first-order chi connectivity index (χ1) is 11.2. The number of nitrogens with zero attached hydrogens (tertiary/aromatic N) is 1. The van der Waals surface area contributed by atoms with E-state index in [1.807, 2.05) is 17.8 Å². The van der Waals surface area contributed by atoms with E-state index in [-0.39, 0.29) is 11.9 Å². The number of benzene rings is 1. The Morgan fingerprint density at radius 1 is 1.35 bits per heavy atom. The van der Waals surface area contributed by atoms with Gasteiger partial charge in [0, 0.05) is 47.3 Å². The van der Waals surface area contributed by atoms with Gasteiger partial charge in [0.25, 0.3) is 5.91 Å². The Kier molecular flexibility index (Phi) is 5.65. The topological polar surface area (TPSA) is 45.5 Å². The average Bonchev–Trinajstić information content (AvgIpc) is 3.10. The van der Waals surface area contributed by atoms with Gasteiger partial charge in [0.15, 0.2) is 0 Å². The molecule has 1 aromatic heterocycles. The summed E-state index contributed by atoms with van der Waals surface area (Å²) >= 11 is 7.92. The third-order valence-corrected chi connectivity index (χ3v) is 5.13. The van der Waals surface area contributed by atoms with Crippen LogP contribution in [-0.2, 0) is 0 Å². The second-order valence-electron chi connectivity index (χ2n) is 5.44. The maximum absolute atomic E-state index is 12.3. The molecule has 0 saturated carbocycles. The maximum atomic E-state index is 12.3. The zero-order chi connectivity index (χ0) is 16.1. The molecule has 0 radical (unpaired) electrons. The summed E-state index contributed by atoms with van der Waals surface area (Å²) in [5.41, 5.74) is 1.68. The van der Waals surface area contributed by atoms with Crippen molar-refractivity contribution in [3.8, 4) is 0 Å². The summed E-state index contributed by atoms with van der Waals surface area (Å²) in [6.45, 7) is 2.59. The van der Waals surface area contributed by atoms with Gasteiger partial charge in [-0.3, -0.25) is 9.69 Å². The molecule has 1 atom stereocenters. The molecule has 122 valence electrons. The van der Waals surface area contributed by atoms with Crippen LogP contribution in [-0.4, -0.2) is 41.9 Å². The fraction of sp³-hybridized carbons (Fsp3) is 0.353. The zero-order valence-corrected chi connectivity index (χ0v) is 14.3. The fourth-order valence-electron chi connectivity index (χ4n) is 2.73. The van der Waals surface area contributed by atoms with Gasteiger partial charge in [-0.05, 0) is 24.3 Å². The van der Waals surface area contributed by atoms with Gasteiger partial charge in [-0.1, -0.05) is 17.7 Å². The number of amides is 1. The standard InChI is InChI=1S/C17H19ClN2O2S/c18-15-3-1-2-13(10-15)17(21)19-11-16(14-4-7-22-12-14)20-5-8-23-9-6-20/h1-4,7,10,12,16H,5-6,8-9,11H2,(H,19,21)/t16-/m0/s1. The minimum atomic E-state index is -0.104. The summed E-state index contributed by atoms with van der Waals surface area (Å²) in [7, 11) is 0. The van der Waals surface area contributed by atoms with E-state index in [4.69, 9.17) is 16.0 Å². The van der Waals surface area contributed by atoms with Crippen molar-refractivity contribution >= 4 is 29.3 Å². The van der Waals surface area contributed by atoms with Crippen molar-refractivity contribution in [2.24, 2.45) is 0 Å². The molecule has 1 N–H and O–H groups in total. The second kappa shape index (κ2) is 7.90. The SMILES string of the molecule is O=C(NC[C@@H](c1ccoc1)N1CCSCC1)c1cccc(Cl)c1. The highest BCUT2D eigenvalue weighted by molar-refractivity contribution is 7.99. The van der Waals surface area contributed by atoms with Crippen molar-refractivity contribution < 1.29 is 9.21 Å². The Morgan fingerprint density at radius 2 is 2.17 bits per heavy atom. The molecular formula is C17H19ClN2O2S. The van der Waals surface area contributed by atoms with E-state index >= 15 is 0 Å². The van der Waals surface area contributed by atoms with E-state index < -0.39 is 0 Å². The van der Waals surface area contributed by atoms with Crippen molar-refractivity contribution in [3.63, 3.8) is 0 Å². The number of nitrogens with one attached hydrogen (secondary N) is 1. The van der Waals surface area contributed by atoms with Crippen LogP contribution >= 0.6 is 23.4 Å². The zero-order valence-electron chi connectivity index (χ0n) is 12.7. The lowest BCUT2D eigenvalue weighted by atomic mass is 10.1. The van der Waals surface area contributed by atoms with E-state index in [1.54, 1.807) is 36.8 Å². The normalized spacial score (nSPS) is 16.9. The largest absolute Gasteiger partial charge is 0.472 e. The Morgan fingerprint density at radius 3 is 2.87 bits per heavy atom. The van der Waals surface area contributed by atoms with Crippen LogP contribution in [0.2, 0.25) is 5.02 Å². The van der Waals surface area contributed by atoms with Crippen LogP contribution < -0.4 is 5.32 Å². The first-order valence-electron chi connectivity index (χ1n) is 7.62. The van der Waals surface area contributed by atoms with Crippen LogP contribution in [0, 0.1) is 0 Å². The molecule has 1 aliphatic rings. The lowest BCUT2D eigenvalue weighted by Crippen LogP contribution is -2.41. The number of thioether (sulfide) groups is 1. The number of carbonyl (C=O) groups excluding carboxylic acids is 1. The van der Waals surface area contributed by atoms with E-state index in [0.29, 0.717) is 17.1 Å². The van der Waals surface area contributed by atoms with Crippen LogP contribution in [0.15, 0.2) is 47.3 Å². The van der Waals surface area contributed by atoms with Crippen molar-refractivity contribution in [1.82, 2.24) is 10.2 Å². The molecule has 3 rings (SSSR count). The minimum Gasteiger partial charge on any atom is -0.472 e. The average molecular weight is 351 g/mol. The monoisotopic (exact) mass is 350 g/mol. The number of rotatable bonds is 5. The molecule has 1 aliphatic heterocycles. The maximum Gasteiger partial charge on any atom is 0.251 e. The summed E-state index contributed by atoms with van der Waals surface area (Å²) < 4.78 is 5.23. The van der Waals surface area contributed by atoms with Gasteiger partial charge in [0.05, 0.1) is 18.6 Å². The highest BCUT2D eigenvalue weighted by atomic mass is 35.5. The van der Waals surface area contributed by atoms with Crippen LogP contribution in [0.5, 0.6) is 0 Å². The number of carbonyl (C=O) groups is 1. The number of furan rings is 1. The summed E-state index contributed by atoms with van der Waals surface area (Å²) in [4.78, 5) is 14.7. The Balaban J connectivity index is 1.67. The molecule has 23 heavy (non-hydrogen) atoms. The number of hydrogen-bond donors (Lipinski definition) is 1. The van der Waals surface area contributed by atoms with Gasteiger partial charge >= 0.3 is 0 Å². The van der Waals surface area contributed by atoms with Gasteiger partial charge in [-0.2, -0.15) is 11.8 Å². The molecule has 1 saturated heterocycles. The number of halogens is 1. The fourth-order valence-corrected chi connectivity index (χ4v) is 3.85. The van der Waals surface area contributed by atoms with Crippen molar-refractivity contribution in [2.75, 3.05) is 31.1 Å². The van der Waals surface area contributed by atoms with Gasteiger partial charge in [-0.15, -0.1) is 0 Å². The Hall–Kier alpha value is -1.43. The van der Waals surface area contributed by atoms with E-state index in [9.17, 15) is 4.79 Å². The van der Waals surface area contributed by atoms with E-state index in [1.165, 1.54) is 0 Å². The first kappa shape index (κ1) is 16.4. The van der Waals surface area contributed by atoms with Gasteiger partial charge in [-0.25, -0.2) is 0 Å². The third-order valence-electron chi connectivity index (χ3n) is 3.96. The van der Waals surface area contributed by atoms with Gasteiger partial charge in [0.1, 0.15) is 0 Å². The van der Waals surface area contributed by atoms with Gasteiger partial charge < -0.3 is 9.73 Å². The molecule has 0 aliphatic carbocycles. The predicted molar refractivity (Wildman–Crippen MR) is 94.1 cm³/mol. The minimum absolute atomic E-state index is 0.104. The lowest BCUT2D eigenvalue weighted by Gasteiger charge is -2.34. The van der Waals surface area contributed by atoms with Crippen LogP contribution in [0.1, 0.15) is 22.0 Å². The molecular weight excluding hydrogens is 332 g/mol. The lowest BCUT2D eigenvalue weighted by molar-refractivity contribution is 0.0934. The molecule has 0 spiro atoms. The molecule has 6 heteroatoms. The molecule has 0 unspecified atom stereocenters. The molecule has 0 bridgehead atoms. The molecule has 1 amide bonds. The second-order valence-corrected chi connectivity index (χ2v) is 7.10. The molecule has 1 aromatic carbocycles. The molecule has 2 heterocycles.